The van der Waals surface area contributed by atoms with Crippen LogP contribution in [0, 0.1) is 6.92 Å². The van der Waals surface area contributed by atoms with Crippen LogP contribution in [0.2, 0.25) is 5.02 Å². The zero-order valence-corrected chi connectivity index (χ0v) is 15.9. The fourth-order valence-electron chi connectivity index (χ4n) is 2.38. The van der Waals surface area contributed by atoms with Gasteiger partial charge in [-0.2, -0.15) is 0 Å². The first-order chi connectivity index (χ1) is 11.5. The van der Waals surface area contributed by atoms with Crippen LogP contribution in [-0.2, 0) is 6.42 Å². The van der Waals surface area contributed by atoms with Crippen LogP contribution in [0.5, 0.6) is 0 Å². The summed E-state index contributed by atoms with van der Waals surface area (Å²) in [6, 6.07) is 16.7. The van der Waals surface area contributed by atoms with Gasteiger partial charge in [0.05, 0.1) is 0 Å². The molecule has 0 bridgehead atoms. The Balaban J connectivity index is 1.89. The molecule has 2 aromatic rings. The topological polar surface area (TPSA) is 27.3 Å². The average molecular weight is 362 g/mol. The number of halogens is 1. The third-order valence-electron chi connectivity index (χ3n) is 3.97. The Kier molecular flexibility index (Phi) is 7.03. The van der Waals surface area contributed by atoms with E-state index in [1.807, 2.05) is 31.2 Å². The van der Waals surface area contributed by atoms with Gasteiger partial charge in [0, 0.05) is 23.3 Å². The summed E-state index contributed by atoms with van der Waals surface area (Å²) in [5, 5.41) is 7.83. The van der Waals surface area contributed by atoms with Crippen molar-refractivity contribution >= 4 is 34.6 Å². The van der Waals surface area contributed by atoms with Gasteiger partial charge in [-0.15, -0.1) is 0 Å². The van der Waals surface area contributed by atoms with E-state index in [9.17, 15) is 0 Å². The number of hydrogen-bond acceptors (Lipinski definition) is 2. The van der Waals surface area contributed by atoms with Gasteiger partial charge < -0.3 is 15.5 Å². The number of thiocarbonyl (C=S) groups is 1. The van der Waals surface area contributed by atoms with Crippen LogP contribution in [0.25, 0.3) is 0 Å². The lowest BCUT2D eigenvalue weighted by atomic mass is 10.1. The Bertz CT molecular complexity index is 674. The molecule has 2 rings (SSSR count). The van der Waals surface area contributed by atoms with Crippen molar-refractivity contribution in [2.45, 2.75) is 19.4 Å². The molecule has 0 fully saturated rings. The predicted molar refractivity (Wildman–Crippen MR) is 108 cm³/mol. The Labute approximate surface area is 155 Å². The molecule has 0 aliphatic rings. The molecule has 0 saturated heterocycles. The molecule has 3 nitrogen and oxygen atoms in total. The molecule has 2 aromatic carbocycles. The van der Waals surface area contributed by atoms with Gasteiger partial charge in [0.2, 0.25) is 0 Å². The molecule has 0 unspecified atom stereocenters. The Morgan fingerprint density at radius 3 is 2.50 bits per heavy atom. The van der Waals surface area contributed by atoms with Crippen LogP contribution in [0.1, 0.15) is 11.1 Å². The van der Waals surface area contributed by atoms with Crippen molar-refractivity contribution in [3.63, 3.8) is 0 Å². The molecule has 0 aliphatic carbocycles. The SMILES string of the molecule is Cc1ccc(NC(=S)NC[C@@H](Cc2ccccc2)N(C)C)cc1Cl. The first-order valence-corrected chi connectivity index (χ1v) is 8.75. The lowest BCUT2D eigenvalue weighted by Gasteiger charge is -2.25. The summed E-state index contributed by atoms with van der Waals surface area (Å²) < 4.78 is 0. The van der Waals surface area contributed by atoms with E-state index in [1.165, 1.54) is 5.56 Å². The van der Waals surface area contributed by atoms with Crippen LogP contribution in [0.3, 0.4) is 0 Å². The van der Waals surface area contributed by atoms with Crippen molar-refractivity contribution in [2.24, 2.45) is 0 Å². The third-order valence-corrected chi connectivity index (χ3v) is 4.63. The zero-order valence-electron chi connectivity index (χ0n) is 14.3. The van der Waals surface area contributed by atoms with Gasteiger partial charge in [0.25, 0.3) is 0 Å². The fourth-order valence-corrected chi connectivity index (χ4v) is 2.76. The van der Waals surface area contributed by atoms with E-state index in [-0.39, 0.29) is 0 Å². The summed E-state index contributed by atoms with van der Waals surface area (Å²) in [6.07, 6.45) is 0.972. The molecule has 0 radical (unpaired) electrons. The van der Waals surface area contributed by atoms with E-state index in [4.69, 9.17) is 23.8 Å². The van der Waals surface area contributed by atoms with Crippen molar-refractivity contribution in [1.82, 2.24) is 10.2 Å². The highest BCUT2D eigenvalue weighted by Gasteiger charge is 2.12. The molecular formula is C19H24ClN3S. The van der Waals surface area contributed by atoms with Gasteiger partial charge in [-0.05, 0) is 62.9 Å². The normalized spacial score (nSPS) is 12.0. The largest absolute Gasteiger partial charge is 0.361 e. The second kappa shape index (κ2) is 9.02. The molecule has 1 atom stereocenters. The number of nitrogens with zero attached hydrogens (tertiary/aromatic N) is 1. The van der Waals surface area contributed by atoms with Crippen LogP contribution < -0.4 is 10.6 Å². The second-order valence-corrected chi connectivity index (χ2v) is 6.92. The van der Waals surface area contributed by atoms with Gasteiger partial charge in [0.1, 0.15) is 0 Å². The molecule has 2 N–H and O–H groups in total. The first kappa shape index (κ1) is 18.7. The number of aryl methyl sites for hydroxylation is 1. The van der Waals surface area contributed by atoms with E-state index in [0.717, 1.165) is 29.2 Å². The van der Waals surface area contributed by atoms with E-state index in [1.54, 1.807) is 0 Å². The molecule has 0 amide bonds. The molecule has 0 spiro atoms. The Morgan fingerprint density at radius 2 is 1.88 bits per heavy atom. The Hall–Kier alpha value is -1.62. The molecule has 24 heavy (non-hydrogen) atoms. The van der Waals surface area contributed by atoms with E-state index < -0.39 is 0 Å². The number of likely N-dealkylation sites (N-methyl/N-ethyl adjacent to an activating group) is 1. The highest BCUT2D eigenvalue weighted by molar-refractivity contribution is 7.80. The van der Waals surface area contributed by atoms with E-state index in [0.29, 0.717) is 11.2 Å². The number of rotatable bonds is 6. The van der Waals surface area contributed by atoms with Crippen LogP contribution in [-0.4, -0.2) is 36.7 Å². The maximum Gasteiger partial charge on any atom is 0.170 e. The molecule has 0 heterocycles. The van der Waals surface area contributed by atoms with Gasteiger partial charge in [0.15, 0.2) is 5.11 Å². The van der Waals surface area contributed by atoms with Crippen molar-refractivity contribution in [3.8, 4) is 0 Å². The van der Waals surface area contributed by atoms with Crippen molar-refractivity contribution < 1.29 is 0 Å². The van der Waals surface area contributed by atoms with Crippen LogP contribution in [0.15, 0.2) is 48.5 Å². The number of benzene rings is 2. The summed E-state index contributed by atoms with van der Waals surface area (Å²) in [5.74, 6) is 0. The van der Waals surface area contributed by atoms with Gasteiger partial charge in [-0.25, -0.2) is 0 Å². The Morgan fingerprint density at radius 1 is 1.17 bits per heavy atom. The minimum absolute atomic E-state index is 0.355. The van der Waals surface area contributed by atoms with Crippen molar-refractivity contribution in [3.05, 3.63) is 64.7 Å². The minimum Gasteiger partial charge on any atom is -0.361 e. The molecule has 0 saturated carbocycles. The summed E-state index contributed by atoms with van der Waals surface area (Å²) >= 11 is 11.5. The lowest BCUT2D eigenvalue weighted by molar-refractivity contribution is 0.291. The molecular weight excluding hydrogens is 338 g/mol. The van der Waals surface area contributed by atoms with Crippen molar-refractivity contribution in [2.75, 3.05) is 26.0 Å². The summed E-state index contributed by atoms with van der Waals surface area (Å²) in [4.78, 5) is 2.21. The predicted octanol–water partition coefficient (Wildman–Crippen LogP) is 4.11. The summed E-state index contributed by atoms with van der Waals surface area (Å²) in [5.41, 5.74) is 3.27. The van der Waals surface area contributed by atoms with E-state index >= 15 is 0 Å². The standard InChI is InChI=1S/C19H24ClN3S/c1-14-9-10-16(12-18(14)20)22-19(24)21-13-17(23(2)3)11-15-7-5-4-6-8-15/h4-10,12,17H,11,13H2,1-3H3,(H2,21,22,24)/t17-/m1/s1. The fraction of sp³-hybridized carbons (Fsp3) is 0.316. The van der Waals surface area contributed by atoms with Gasteiger partial charge >= 0.3 is 0 Å². The monoisotopic (exact) mass is 361 g/mol. The lowest BCUT2D eigenvalue weighted by Crippen LogP contribution is -2.42. The summed E-state index contributed by atoms with van der Waals surface area (Å²) in [6.45, 7) is 2.75. The first-order valence-electron chi connectivity index (χ1n) is 7.97. The maximum atomic E-state index is 6.15. The molecule has 5 heteroatoms. The maximum absolute atomic E-state index is 6.15. The third kappa shape index (κ3) is 5.78. The van der Waals surface area contributed by atoms with E-state index in [2.05, 4.69) is 53.9 Å². The molecule has 0 aliphatic heterocycles. The molecule has 0 aromatic heterocycles. The summed E-state index contributed by atoms with van der Waals surface area (Å²) in [7, 11) is 4.18. The highest BCUT2D eigenvalue weighted by atomic mass is 35.5. The van der Waals surface area contributed by atoms with Gasteiger partial charge in [-0.1, -0.05) is 48.0 Å². The number of anilines is 1. The highest BCUT2D eigenvalue weighted by Crippen LogP contribution is 2.19. The van der Waals surface area contributed by atoms with Crippen LogP contribution in [0.4, 0.5) is 5.69 Å². The minimum atomic E-state index is 0.355. The van der Waals surface area contributed by atoms with Crippen molar-refractivity contribution in [1.29, 1.82) is 0 Å². The molecule has 128 valence electrons. The quantitative estimate of drug-likeness (QED) is 0.757. The number of nitrogens with one attached hydrogen (secondary N) is 2. The average Bonchev–Trinajstić information content (AvgIpc) is 2.55. The van der Waals surface area contributed by atoms with Gasteiger partial charge in [-0.3, -0.25) is 0 Å². The second-order valence-electron chi connectivity index (χ2n) is 6.11. The number of hydrogen-bond donors (Lipinski definition) is 2. The van der Waals surface area contributed by atoms with Crippen LogP contribution >= 0.6 is 23.8 Å². The smallest absolute Gasteiger partial charge is 0.170 e. The zero-order chi connectivity index (χ0) is 17.5.